The molecule has 27 heavy (non-hydrogen) atoms. The molecule has 1 fully saturated rings. The second-order valence-electron chi connectivity index (χ2n) is 6.43. The molecule has 7 heteroatoms. The number of benzene rings is 2. The highest BCUT2D eigenvalue weighted by molar-refractivity contribution is 14.0. The molecule has 2 aromatic rings. The minimum absolute atomic E-state index is 0. The number of nitrogens with zero attached hydrogens (tertiary/aromatic N) is 1. The van der Waals surface area contributed by atoms with E-state index >= 15 is 0 Å². The molecule has 0 aliphatic carbocycles. The highest BCUT2D eigenvalue weighted by Gasteiger charge is 2.35. The van der Waals surface area contributed by atoms with E-state index in [0.29, 0.717) is 25.7 Å². The van der Waals surface area contributed by atoms with Gasteiger partial charge in [-0.15, -0.1) is 24.0 Å². The number of halogens is 2. The van der Waals surface area contributed by atoms with Gasteiger partial charge >= 0.3 is 0 Å². The minimum Gasteiger partial charge on any atom is -0.497 e. The highest BCUT2D eigenvalue weighted by atomic mass is 127. The number of hydrogen-bond donors (Lipinski definition) is 2. The Kier molecular flexibility index (Phi) is 8.19. The zero-order valence-corrected chi connectivity index (χ0v) is 18.4. The minimum atomic E-state index is -0.155. The fourth-order valence-electron chi connectivity index (χ4n) is 3.29. The Labute approximate surface area is 182 Å². The van der Waals surface area contributed by atoms with Crippen molar-refractivity contribution in [1.29, 1.82) is 0 Å². The normalized spacial score (nSPS) is 16.3. The number of anilines is 1. The van der Waals surface area contributed by atoms with Crippen molar-refractivity contribution in [2.24, 2.45) is 10.7 Å². The van der Waals surface area contributed by atoms with Gasteiger partial charge in [0.05, 0.1) is 13.7 Å². The maximum atomic E-state index is 6.48. The van der Waals surface area contributed by atoms with E-state index in [2.05, 4.69) is 16.4 Å². The van der Waals surface area contributed by atoms with Crippen LogP contribution in [0.15, 0.2) is 53.5 Å². The highest BCUT2D eigenvalue weighted by Crippen LogP contribution is 2.38. The van der Waals surface area contributed by atoms with Crippen molar-refractivity contribution in [1.82, 2.24) is 0 Å². The number of methoxy groups -OCH3 is 1. The van der Waals surface area contributed by atoms with Crippen molar-refractivity contribution >= 4 is 47.2 Å². The number of guanidine groups is 1. The van der Waals surface area contributed by atoms with Crippen molar-refractivity contribution in [3.05, 3.63) is 59.1 Å². The van der Waals surface area contributed by atoms with Gasteiger partial charge in [-0.05, 0) is 36.6 Å². The number of rotatable bonds is 5. The summed E-state index contributed by atoms with van der Waals surface area (Å²) in [5.41, 5.74) is 7.92. The van der Waals surface area contributed by atoms with Gasteiger partial charge < -0.3 is 20.5 Å². The molecule has 0 radical (unpaired) electrons. The summed E-state index contributed by atoms with van der Waals surface area (Å²) in [4.78, 5) is 4.62. The molecule has 3 rings (SSSR count). The molecule has 3 N–H and O–H groups in total. The van der Waals surface area contributed by atoms with Crippen LogP contribution >= 0.6 is 35.6 Å². The van der Waals surface area contributed by atoms with Gasteiger partial charge in [-0.1, -0.05) is 35.9 Å². The Morgan fingerprint density at radius 3 is 2.67 bits per heavy atom. The topological polar surface area (TPSA) is 68.9 Å². The summed E-state index contributed by atoms with van der Waals surface area (Å²) in [5.74, 6) is 1.14. The van der Waals surface area contributed by atoms with Crippen molar-refractivity contribution in [3.63, 3.8) is 0 Å². The lowest BCUT2D eigenvalue weighted by Gasteiger charge is -2.37. The van der Waals surface area contributed by atoms with Crippen LogP contribution in [0.3, 0.4) is 0 Å². The molecule has 1 saturated heterocycles. The third-order valence-corrected chi connectivity index (χ3v) is 5.12. The summed E-state index contributed by atoms with van der Waals surface area (Å²) in [6, 6.07) is 15.5. The van der Waals surface area contributed by atoms with Gasteiger partial charge in [-0.3, -0.25) is 4.99 Å². The van der Waals surface area contributed by atoms with Crippen molar-refractivity contribution < 1.29 is 9.47 Å². The molecule has 0 amide bonds. The lowest BCUT2D eigenvalue weighted by Crippen LogP contribution is -2.38. The Hall–Kier alpha value is -1.51. The smallest absolute Gasteiger partial charge is 0.193 e. The zero-order chi connectivity index (χ0) is 18.4. The summed E-state index contributed by atoms with van der Waals surface area (Å²) < 4.78 is 10.8. The van der Waals surface area contributed by atoms with Crippen LogP contribution in [0.25, 0.3) is 0 Å². The van der Waals surface area contributed by atoms with Gasteiger partial charge in [0.1, 0.15) is 5.75 Å². The predicted molar refractivity (Wildman–Crippen MR) is 122 cm³/mol. The van der Waals surface area contributed by atoms with Crippen LogP contribution in [0, 0.1) is 0 Å². The van der Waals surface area contributed by atoms with Gasteiger partial charge in [0.2, 0.25) is 0 Å². The first-order chi connectivity index (χ1) is 12.6. The summed E-state index contributed by atoms with van der Waals surface area (Å²) in [5, 5.41) is 3.89. The van der Waals surface area contributed by atoms with Crippen LogP contribution in [0.4, 0.5) is 5.69 Å². The molecule has 1 aliphatic heterocycles. The largest absolute Gasteiger partial charge is 0.497 e. The number of nitrogens with one attached hydrogen (secondary N) is 1. The van der Waals surface area contributed by atoms with Crippen molar-refractivity contribution in [2.45, 2.75) is 18.3 Å². The Morgan fingerprint density at radius 2 is 1.96 bits per heavy atom. The van der Waals surface area contributed by atoms with Gasteiger partial charge in [0.25, 0.3) is 0 Å². The average Bonchev–Trinajstić information content (AvgIpc) is 2.67. The Balaban J connectivity index is 0.00000261. The lowest BCUT2D eigenvalue weighted by molar-refractivity contribution is 0.0532. The molecule has 0 aromatic heterocycles. The third kappa shape index (κ3) is 5.49. The molecule has 0 atom stereocenters. The van der Waals surface area contributed by atoms with E-state index in [0.717, 1.165) is 34.9 Å². The number of aliphatic imine (C=N–C) groups is 1. The van der Waals surface area contributed by atoms with Gasteiger partial charge in [0, 0.05) is 35.4 Å². The van der Waals surface area contributed by atoms with Crippen LogP contribution in [0.5, 0.6) is 5.75 Å². The molecule has 0 spiro atoms. The molecule has 0 bridgehead atoms. The number of ether oxygens (including phenoxy) is 2. The summed E-state index contributed by atoms with van der Waals surface area (Å²) >= 11 is 6.48. The van der Waals surface area contributed by atoms with E-state index in [4.69, 9.17) is 26.8 Å². The molecule has 146 valence electrons. The maximum absolute atomic E-state index is 6.48. The fraction of sp³-hybridized carbons (Fsp3) is 0.350. The van der Waals surface area contributed by atoms with E-state index in [1.807, 2.05) is 42.5 Å². The van der Waals surface area contributed by atoms with Crippen LogP contribution < -0.4 is 15.8 Å². The lowest BCUT2D eigenvalue weighted by atomic mass is 9.74. The first-order valence-electron chi connectivity index (χ1n) is 8.67. The third-order valence-electron chi connectivity index (χ3n) is 4.79. The maximum Gasteiger partial charge on any atom is 0.193 e. The molecule has 5 nitrogen and oxygen atoms in total. The van der Waals surface area contributed by atoms with Crippen LogP contribution in [-0.2, 0) is 10.2 Å². The quantitative estimate of drug-likeness (QED) is 0.361. The molecule has 0 unspecified atom stereocenters. The van der Waals surface area contributed by atoms with E-state index in [-0.39, 0.29) is 29.4 Å². The van der Waals surface area contributed by atoms with Crippen molar-refractivity contribution in [2.75, 3.05) is 32.2 Å². The van der Waals surface area contributed by atoms with Gasteiger partial charge in [-0.2, -0.15) is 0 Å². The predicted octanol–water partition coefficient (Wildman–Crippen LogP) is 4.44. The second-order valence-corrected chi connectivity index (χ2v) is 6.84. The molecule has 1 heterocycles. The SMILES string of the molecule is COc1cccc(NC(N)=NCC2(c3ccccc3Cl)CCOCC2)c1.I. The standard InChI is InChI=1S/C20H24ClN3O2.HI/c1-25-16-6-4-5-15(13-16)24-19(22)23-14-20(9-11-26-12-10-20)17-7-2-3-8-18(17)21;/h2-8,13H,9-12,14H2,1H3,(H3,22,23,24);1H. The average molecular weight is 502 g/mol. The molecular weight excluding hydrogens is 477 g/mol. The monoisotopic (exact) mass is 501 g/mol. The number of nitrogens with two attached hydrogens (primary N) is 1. The molecule has 2 aromatic carbocycles. The fourth-order valence-corrected chi connectivity index (χ4v) is 3.63. The Morgan fingerprint density at radius 1 is 1.22 bits per heavy atom. The number of hydrogen-bond acceptors (Lipinski definition) is 3. The molecule has 0 saturated carbocycles. The van der Waals surface area contributed by atoms with E-state index < -0.39 is 0 Å². The van der Waals surface area contributed by atoms with E-state index in [1.165, 1.54) is 0 Å². The van der Waals surface area contributed by atoms with Crippen molar-refractivity contribution in [3.8, 4) is 5.75 Å². The van der Waals surface area contributed by atoms with Crippen LogP contribution in [-0.4, -0.2) is 32.8 Å². The zero-order valence-electron chi connectivity index (χ0n) is 15.3. The van der Waals surface area contributed by atoms with E-state index in [9.17, 15) is 0 Å². The molecular formula is C20H25ClIN3O2. The first-order valence-corrected chi connectivity index (χ1v) is 9.04. The summed E-state index contributed by atoms with van der Waals surface area (Å²) in [6.07, 6.45) is 1.74. The first kappa shape index (κ1) is 21.8. The summed E-state index contributed by atoms with van der Waals surface area (Å²) in [7, 11) is 1.63. The van der Waals surface area contributed by atoms with E-state index in [1.54, 1.807) is 7.11 Å². The van der Waals surface area contributed by atoms with Crippen LogP contribution in [0.1, 0.15) is 18.4 Å². The second kappa shape index (κ2) is 10.1. The summed E-state index contributed by atoms with van der Waals surface area (Å²) in [6.45, 7) is 1.96. The van der Waals surface area contributed by atoms with Crippen LogP contribution in [0.2, 0.25) is 5.02 Å². The Bertz CT molecular complexity index is 779. The van der Waals surface area contributed by atoms with Gasteiger partial charge in [-0.25, -0.2) is 0 Å². The molecule has 1 aliphatic rings. The van der Waals surface area contributed by atoms with Gasteiger partial charge in [0.15, 0.2) is 5.96 Å².